The van der Waals surface area contributed by atoms with Crippen LogP contribution in [0.1, 0.15) is 5.56 Å². The van der Waals surface area contributed by atoms with Gasteiger partial charge in [0.05, 0.1) is 4.90 Å². The quantitative estimate of drug-likeness (QED) is 0.697. The number of ether oxygens (including phenoxy) is 2. The maximum Gasteiger partial charge on any atom is 0.263 e. The Labute approximate surface area is 156 Å². The first-order valence-corrected chi connectivity index (χ1v) is 9.58. The maximum absolute atomic E-state index is 12.5. The fourth-order valence-electron chi connectivity index (χ4n) is 2.48. The number of benzene rings is 2. The Hall–Kier alpha value is -3.33. The summed E-state index contributed by atoms with van der Waals surface area (Å²) in [5.74, 6) is 1.52. The van der Waals surface area contributed by atoms with Crippen molar-refractivity contribution in [2.45, 2.75) is 11.8 Å². The Balaban J connectivity index is 1.48. The third-order valence-electron chi connectivity index (χ3n) is 3.88. The average molecular weight is 384 g/mol. The van der Waals surface area contributed by atoms with Crippen molar-refractivity contribution < 1.29 is 17.9 Å². The van der Waals surface area contributed by atoms with Crippen molar-refractivity contribution >= 4 is 27.3 Å². The first-order valence-electron chi connectivity index (χ1n) is 8.09. The Morgan fingerprint density at radius 3 is 2.33 bits per heavy atom. The Morgan fingerprint density at radius 2 is 1.59 bits per heavy atom. The van der Waals surface area contributed by atoms with Crippen LogP contribution in [-0.4, -0.2) is 25.4 Å². The van der Waals surface area contributed by atoms with Gasteiger partial charge < -0.3 is 14.8 Å². The molecule has 0 atom stereocenters. The summed E-state index contributed by atoms with van der Waals surface area (Å²) in [7, 11) is -3.82. The van der Waals surface area contributed by atoms with Crippen LogP contribution in [0.25, 0.3) is 0 Å². The van der Waals surface area contributed by atoms with E-state index in [9.17, 15) is 8.42 Å². The van der Waals surface area contributed by atoms with Crippen molar-refractivity contribution in [1.82, 2.24) is 10.2 Å². The van der Waals surface area contributed by atoms with Gasteiger partial charge in [0.25, 0.3) is 10.0 Å². The molecule has 0 aliphatic carbocycles. The number of aromatic nitrogens is 2. The van der Waals surface area contributed by atoms with Crippen molar-refractivity contribution in [2.75, 3.05) is 16.8 Å². The van der Waals surface area contributed by atoms with Crippen molar-refractivity contribution in [3.05, 3.63) is 60.2 Å². The van der Waals surface area contributed by atoms with Gasteiger partial charge in [0.1, 0.15) is 0 Å². The van der Waals surface area contributed by atoms with Crippen LogP contribution in [0.5, 0.6) is 11.5 Å². The van der Waals surface area contributed by atoms with Gasteiger partial charge in [-0.05, 0) is 43.3 Å². The van der Waals surface area contributed by atoms with E-state index in [1.807, 2.05) is 31.2 Å². The van der Waals surface area contributed by atoms with E-state index in [1.54, 1.807) is 12.1 Å². The molecule has 4 rings (SSSR count). The molecule has 0 bridgehead atoms. The van der Waals surface area contributed by atoms with Gasteiger partial charge >= 0.3 is 0 Å². The lowest BCUT2D eigenvalue weighted by molar-refractivity contribution is 0.174. The van der Waals surface area contributed by atoms with Crippen LogP contribution < -0.4 is 19.5 Å². The standard InChI is InChI=1S/C18H16N4O4S/c1-12-2-4-13(5-3-12)19-17-8-9-18(21-20-17)22-27(23,24)14-6-7-15-16(10-14)26-11-25-15/h2-10H,11H2,1H3,(H,19,20)(H,21,22). The van der Waals surface area contributed by atoms with E-state index in [0.29, 0.717) is 17.3 Å². The molecule has 0 unspecified atom stereocenters. The van der Waals surface area contributed by atoms with E-state index in [4.69, 9.17) is 9.47 Å². The zero-order valence-corrected chi connectivity index (χ0v) is 15.2. The van der Waals surface area contributed by atoms with Gasteiger partial charge in [-0.25, -0.2) is 8.42 Å². The largest absolute Gasteiger partial charge is 0.454 e. The minimum absolute atomic E-state index is 0.0513. The molecule has 9 heteroatoms. The van der Waals surface area contributed by atoms with E-state index < -0.39 is 10.0 Å². The van der Waals surface area contributed by atoms with E-state index in [-0.39, 0.29) is 17.5 Å². The summed E-state index contributed by atoms with van der Waals surface area (Å²) in [6, 6.07) is 15.4. The fraction of sp³-hybridized carbons (Fsp3) is 0.111. The summed E-state index contributed by atoms with van der Waals surface area (Å²) in [5.41, 5.74) is 2.02. The minimum Gasteiger partial charge on any atom is -0.454 e. The summed E-state index contributed by atoms with van der Waals surface area (Å²) < 4.78 is 37.8. The van der Waals surface area contributed by atoms with Crippen molar-refractivity contribution in [3.63, 3.8) is 0 Å². The molecule has 2 heterocycles. The zero-order valence-electron chi connectivity index (χ0n) is 14.3. The zero-order chi connectivity index (χ0) is 18.9. The van der Waals surface area contributed by atoms with Gasteiger partial charge in [-0.1, -0.05) is 17.7 Å². The van der Waals surface area contributed by atoms with E-state index in [0.717, 1.165) is 11.3 Å². The topological polar surface area (TPSA) is 102 Å². The second kappa shape index (κ2) is 6.76. The number of nitrogens with one attached hydrogen (secondary N) is 2. The molecule has 8 nitrogen and oxygen atoms in total. The average Bonchev–Trinajstić information content (AvgIpc) is 3.13. The first kappa shape index (κ1) is 17.1. The number of fused-ring (bicyclic) bond motifs is 1. The highest BCUT2D eigenvalue weighted by Gasteiger charge is 2.20. The van der Waals surface area contributed by atoms with Gasteiger partial charge in [-0.3, -0.25) is 4.72 Å². The third kappa shape index (κ3) is 3.77. The highest BCUT2D eigenvalue weighted by Crippen LogP contribution is 2.34. The minimum atomic E-state index is -3.82. The van der Waals surface area contributed by atoms with Gasteiger partial charge in [0.2, 0.25) is 6.79 Å². The molecule has 1 aliphatic heterocycles. The molecule has 0 amide bonds. The number of rotatable bonds is 5. The molecule has 27 heavy (non-hydrogen) atoms. The lowest BCUT2D eigenvalue weighted by Gasteiger charge is -2.09. The molecular weight excluding hydrogens is 368 g/mol. The second-order valence-corrected chi connectivity index (χ2v) is 7.60. The highest BCUT2D eigenvalue weighted by molar-refractivity contribution is 7.92. The summed E-state index contributed by atoms with van der Waals surface area (Å²) >= 11 is 0. The molecule has 0 saturated carbocycles. The fourth-order valence-corrected chi connectivity index (χ4v) is 3.49. The van der Waals surface area contributed by atoms with Gasteiger partial charge in [0, 0.05) is 11.8 Å². The van der Waals surface area contributed by atoms with Crippen LogP contribution in [0.2, 0.25) is 0 Å². The summed E-state index contributed by atoms with van der Waals surface area (Å²) in [6.07, 6.45) is 0. The van der Waals surface area contributed by atoms with Crippen molar-refractivity contribution in [3.8, 4) is 11.5 Å². The summed E-state index contributed by atoms with van der Waals surface area (Å²) in [5, 5.41) is 11.0. The predicted molar refractivity (Wildman–Crippen MR) is 99.9 cm³/mol. The van der Waals surface area contributed by atoms with Crippen LogP contribution >= 0.6 is 0 Å². The molecule has 2 N–H and O–H groups in total. The number of sulfonamides is 1. The molecule has 0 saturated heterocycles. The lowest BCUT2D eigenvalue weighted by Crippen LogP contribution is -2.14. The molecule has 0 spiro atoms. The molecule has 2 aromatic carbocycles. The van der Waals surface area contributed by atoms with Gasteiger partial charge in [-0.15, -0.1) is 10.2 Å². The first-order chi connectivity index (χ1) is 13.0. The SMILES string of the molecule is Cc1ccc(Nc2ccc(NS(=O)(=O)c3ccc4c(c3)OCO4)nn2)cc1. The van der Waals surface area contributed by atoms with Crippen LogP contribution in [0, 0.1) is 6.92 Å². The van der Waals surface area contributed by atoms with Gasteiger partial charge in [-0.2, -0.15) is 0 Å². The summed E-state index contributed by atoms with van der Waals surface area (Å²) in [4.78, 5) is 0.0513. The van der Waals surface area contributed by atoms with Crippen LogP contribution in [0.4, 0.5) is 17.3 Å². The Kier molecular flexibility index (Phi) is 4.28. The molecule has 3 aromatic rings. The molecule has 1 aromatic heterocycles. The highest BCUT2D eigenvalue weighted by atomic mass is 32.2. The number of aryl methyl sites for hydroxylation is 1. The number of hydrogen-bond donors (Lipinski definition) is 2. The molecule has 1 aliphatic rings. The molecule has 0 fully saturated rings. The lowest BCUT2D eigenvalue weighted by atomic mass is 10.2. The molecular formula is C18H16N4O4S. The Bertz CT molecular complexity index is 1070. The van der Waals surface area contributed by atoms with Gasteiger partial charge in [0.15, 0.2) is 23.1 Å². The van der Waals surface area contributed by atoms with E-state index >= 15 is 0 Å². The van der Waals surface area contributed by atoms with Crippen molar-refractivity contribution in [2.24, 2.45) is 0 Å². The van der Waals surface area contributed by atoms with Crippen molar-refractivity contribution in [1.29, 1.82) is 0 Å². The van der Waals surface area contributed by atoms with Crippen LogP contribution in [0.15, 0.2) is 59.5 Å². The third-order valence-corrected chi connectivity index (χ3v) is 5.23. The normalized spacial score (nSPS) is 12.6. The number of anilines is 3. The van der Waals surface area contributed by atoms with Crippen LogP contribution in [0.3, 0.4) is 0 Å². The molecule has 0 radical (unpaired) electrons. The van der Waals surface area contributed by atoms with Crippen LogP contribution in [-0.2, 0) is 10.0 Å². The Morgan fingerprint density at radius 1 is 0.889 bits per heavy atom. The monoisotopic (exact) mass is 384 g/mol. The predicted octanol–water partition coefficient (Wildman–Crippen LogP) is 3.06. The maximum atomic E-state index is 12.5. The summed E-state index contributed by atoms with van der Waals surface area (Å²) in [6.45, 7) is 2.08. The van der Waals surface area contributed by atoms with E-state index in [1.165, 1.54) is 18.2 Å². The smallest absolute Gasteiger partial charge is 0.263 e. The second-order valence-electron chi connectivity index (χ2n) is 5.92. The molecule has 138 valence electrons. The number of hydrogen-bond acceptors (Lipinski definition) is 7. The van der Waals surface area contributed by atoms with E-state index in [2.05, 4.69) is 20.2 Å². The number of nitrogens with zero attached hydrogens (tertiary/aromatic N) is 2.